The molecule has 1 aliphatic carbocycles. The van der Waals surface area contributed by atoms with Crippen LogP contribution in [0.2, 0.25) is 0 Å². The molecule has 1 atom stereocenters. The van der Waals surface area contributed by atoms with Crippen molar-refractivity contribution in [2.24, 2.45) is 5.92 Å². The first-order chi connectivity index (χ1) is 8.59. The van der Waals surface area contributed by atoms with E-state index in [9.17, 15) is 4.79 Å². The molecule has 90 valence electrons. The Balaban J connectivity index is 2.49. The summed E-state index contributed by atoms with van der Waals surface area (Å²) >= 11 is 5.38. The summed E-state index contributed by atoms with van der Waals surface area (Å²) in [4.78, 5) is 13.2. The molecule has 0 saturated carbocycles. The third-order valence-corrected chi connectivity index (χ3v) is 3.89. The van der Waals surface area contributed by atoms with Crippen molar-refractivity contribution in [1.29, 1.82) is 0 Å². The molecule has 2 nitrogen and oxygen atoms in total. The van der Waals surface area contributed by atoms with Crippen molar-refractivity contribution in [3.05, 3.63) is 51.9 Å². The van der Waals surface area contributed by atoms with Crippen LogP contribution in [0.1, 0.15) is 25.2 Å². The van der Waals surface area contributed by atoms with Crippen molar-refractivity contribution in [3.63, 3.8) is 0 Å². The maximum Gasteiger partial charge on any atom is 0.201 e. The van der Waals surface area contributed by atoms with Crippen LogP contribution in [0.25, 0.3) is 16.5 Å². The van der Waals surface area contributed by atoms with Crippen molar-refractivity contribution >= 4 is 33.6 Å². The summed E-state index contributed by atoms with van der Waals surface area (Å²) < 4.78 is 5.84. The Kier molecular flexibility index (Phi) is 2.45. The second kappa shape index (κ2) is 3.89. The third kappa shape index (κ3) is 1.47. The number of benzene rings is 1. The van der Waals surface area contributed by atoms with Crippen LogP contribution >= 0.6 is 12.2 Å². The topological polar surface area (TPSA) is 30.2 Å². The van der Waals surface area contributed by atoms with Crippen LogP contribution in [0.15, 0.2) is 39.6 Å². The highest BCUT2D eigenvalue weighted by Crippen LogP contribution is 2.30. The Morgan fingerprint density at radius 3 is 2.78 bits per heavy atom. The van der Waals surface area contributed by atoms with Gasteiger partial charge in [-0.05, 0) is 24.6 Å². The minimum absolute atomic E-state index is 0.0175. The van der Waals surface area contributed by atoms with Crippen molar-refractivity contribution in [2.45, 2.75) is 13.8 Å². The number of para-hydroxylation sites is 1. The van der Waals surface area contributed by atoms with Gasteiger partial charge in [0.2, 0.25) is 5.43 Å². The van der Waals surface area contributed by atoms with E-state index in [-0.39, 0.29) is 11.3 Å². The Morgan fingerprint density at radius 1 is 1.28 bits per heavy atom. The van der Waals surface area contributed by atoms with E-state index < -0.39 is 0 Å². The zero-order valence-corrected chi connectivity index (χ0v) is 11.0. The molecular weight excluding hydrogens is 244 g/mol. The number of hydrogen-bond donors (Lipinski definition) is 0. The molecule has 0 fully saturated rings. The highest BCUT2D eigenvalue weighted by atomic mass is 32.1. The van der Waals surface area contributed by atoms with E-state index in [0.29, 0.717) is 27.2 Å². The molecule has 18 heavy (non-hydrogen) atoms. The molecule has 1 aliphatic rings. The quantitative estimate of drug-likeness (QED) is 0.675. The van der Waals surface area contributed by atoms with E-state index in [1.807, 2.05) is 38.1 Å². The Bertz CT molecular complexity index is 753. The first-order valence-electron chi connectivity index (χ1n) is 5.88. The van der Waals surface area contributed by atoms with Crippen LogP contribution in [0.3, 0.4) is 0 Å². The van der Waals surface area contributed by atoms with E-state index in [4.69, 9.17) is 16.6 Å². The summed E-state index contributed by atoms with van der Waals surface area (Å²) in [5, 5.41) is 0.598. The van der Waals surface area contributed by atoms with Crippen molar-refractivity contribution in [2.75, 3.05) is 0 Å². The predicted molar refractivity (Wildman–Crippen MR) is 77.0 cm³/mol. The molecule has 2 aromatic rings. The van der Waals surface area contributed by atoms with E-state index in [1.165, 1.54) is 0 Å². The molecule has 1 aromatic heterocycles. The van der Waals surface area contributed by atoms with E-state index >= 15 is 0 Å². The largest absolute Gasteiger partial charge is 0.456 e. The normalized spacial score (nSPS) is 18.7. The Hall–Kier alpha value is -1.74. The predicted octanol–water partition coefficient (Wildman–Crippen LogP) is 3.56. The molecule has 1 aromatic carbocycles. The zero-order valence-electron chi connectivity index (χ0n) is 10.2. The molecule has 0 aliphatic heterocycles. The molecular formula is C15H12O2S. The number of rotatable bonds is 0. The van der Waals surface area contributed by atoms with Crippen molar-refractivity contribution in [3.8, 4) is 0 Å². The van der Waals surface area contributed by atoms with Crippen molar-refractivity contribution in [1.82, 2.24) is 0 Å². The van der Waals surface area contributed by atoms with Gasteiger partial charge in [0.15, 0.2) is 0 Å². The average Bonchev–Trinajstić information content (AvgIpc) is 2.36. The Morgan fingerprint density at radius 2 is 2.00 bits per heavy atom. The van der Waals surface area contributed by atoms with Crippen molar-refractivity contribution < 1.29 is 4.42 Å². The number of fused-ring (bicyclic) bond motifs is 2. The fourth-order valence-electron chi connectivity index (χ4n) is 2.40. The van der Waals surface area contributed by atoms with E-state index in [2.05, 4.69) is 0 Å². The summed E-state index contributed by atoms with van der Waals surface area (Å²) in [6, 6.07) is 7.29. The van der Waals surface area contributed by atoms with Gasteiger partial charge >= 0.3 is 0 Å². The standard InChI is InChI=1S/C15H12O2S/c1-8-7-9(2)15(18)12-13(16)10-5-3-4-6-11(10)17-14(8)12/h3-7,9H,1-2H3. The molecule has 0 radical (unpaired) electrons. The monoisotopic (exact) mass is 256 g/mol. The fourth-order valence-corrected chi connectivity index (χ4v) is 2.65. The molecule has 3 rings (SSSR count). The average molecular weight is 256 g/mol. The lowest BCUT2D eigenvalue weighted by atomic mass is 9.89. The maximum atomic E-state index is 12.5. The van der Waals surface area contributed by atoms with Gasteiger partial charge < -0.3 is 4.42 Å². The lowest BCUT2D eigenvalue weighted by Crippen LogP contribution is -2.24. The first kappa shape index (κ1) is 11.4. The Labute approximate surface area is 110 Å². The summed E-state index contributed by atoms with van der Waals surface area (Å²) in [6.07, 6.45) is 2.04. The number of allylic oxidation sites excluding steroid dienone is 2. The molecule has 0 spiro atoms. The summed E-state index contributed by atoms with van der Waals surface area (Å²) in [6.45, 7) is 3.96. The summed E-state index contributed by atoms with van der Waals surface area (Å²) in [7, 11) is 0. The van der Waals surface area contributed by atoms with Crippen LogP contribution in [-0.2, 0) is 0 Å². The first-order valence-corrected chi connectivity index (χ1v) is 6.29. The summed E-state index contributed by atoms with van der Waals surface area (Å²) in [5.41, 5.74) is 2.15. The zero-order chi connectivity index (χ0) is 12.9. The van der Waals surface area contributed by atoms with Gasteiger partial charge in [0.1, 0.15) is 11.3 Å². The SMILES string of the molecule is CC1=CC(C)C(=S)c2c1oc1ccccc1c2=O. The van der Waals surface area contributed by atoms with E-state index in [0.717, 1.165) is 5.57 Å². The molecule has 3 heteroatoms. The fraction of sp³-hybridized carbons (Fsp3) is 0.200. The van der Waals surface area contributed by atoms with Crippen LogP contribution in [0.5, 0.6) is 0 Å². The second-order valence-electron chi connectivity index (χ2n) is 4.63. The van der Waals surface area contributed by atoms with Gasteiger partial charge in [-0.1, -0.05) is 37.4 Å². The van der Waals surface area contributed by atoms with Crippen LogP contribution < -0.4 is 5.43 Å². The highest BCUT2D eigenvalue weighted by molar-refractivity contribution is 7.80. The van der Waals surface area contributed by atoms with Gasteiger partial charge in [0.05, 0.1) is 10.9 Å². The number of hydrogen-bond acceptors (Lipinski definition) is 3. The third-order valence-electron chi connectivity index (χ3n) is 3.32. The van der Waals surface area contributed by atoms with Gasteiger partial charge in [-0.25, -0.2) is 0 Å². The van der Waals surface area contributed by atoms with Gasteiger partial charge in [-0.3, -0.25) is 4.79 Å². The van der Waals surface area contributed by atoms with Gasteiger partial charge in [0.25, 0.3) is 0 Å². The minimum atomic E-state index is -0.0175. The molecule has 0 N–H and O–H groups in total. The molecule has 0 amide bonds. The lowest BCUT2D eigenvalue weighted by molar-refractivity contribution is 0.581. The van der Waals surface area contributed by atoms with Gasteiger partial charge in [0, 0.05) is 10.8 Å². The highest BCUT2D eigenvalue weighted by Gasteiger charge is 2.25. The lowest BCUT2D eigenvalue weighted by Gasteiger charge is -2.19. The molecule has 0 saturated heterocycles. The molecule has 1 heterocycles. The smallest absolute Gasteiger partial charge is 0.201 e. The van der Waals surface area contributed by atoms with Crippen LogP contribution in [-0.4, -0.2) is 4.86 Å². The van der Waals surface area contributed by atoms with Gasteiger partial charge in [-0.2, -0.15) is 0 Å². The van der Waals surface area contributed by atoms with Crippen LogP contribution in [0.4, 0.5) is 0 Å². The number of thiocarbonyl (C=S) groups is 1. The van der Waals surface area contributed by atoms with Crippen LogP contribution in [0, 0.1) is 5.92 Å². The molecule has 1 unspecified atom stereocenters. The molecule has 0 bridgehead atoms. The maximum absolute atomic E-state index is 12.5. The van der Waals surface area contributed by atoms with Gasteiger partial charge in [-0.15, -0.1) is 0 Å². The van der Waals surface area contributed by atoms with E-state index in [1.54, 1.807) is 6.07 Å². The second-order valence-corrected chi connectivity index (χ2v) is 5.07. The minimum Gasteiger partial charge on any atom is -0.456 e. The summed E-state index contributed by atoms with van der Waals surface area (Å²) in [5.74, 6) is 0.735.